The fraction of sp³-hybridized carbons (Fsp3) is 0.409. The number of rotatable bonds is 6. The average molecular weight is 386 g/mol. The first-order valence-electron chi connectivity index (χ1n) is 9.60. The van der Waals surface area contributed by atoms with Crippen LogP contribution in [0.2, 0.25) is 5.02 Å². The van der Waals surface area contributed by atoms with Gasteiger partial charge in [-0.3, -0.25) is 4.79 Å². The van der Waals surface area contributed by atoms with Crippen LogP contribution in [0.3, 0.4) is 0 Å². The van der Waals surface area contributed by atoms with E-state index in [2.05, 4.69) is 41.2 Å². The number of amides is 1. The molecule has 1 aliphatic heterocycles. The largest absolute Gasteiger partial charge is 0.369 e. The molecule has 1 heterocycles. The van der Waals surface area contributed by atoms with Gasteiger partial charge in [0.1, 0.15) is 0 Å². The minimum absolute atomic E-state index is 0.0689. The fourth-order valence-electron chi connectivity index (χ4n) is 3.37. The van der Waals surface area contributed by atoms with Crippen LogP contribution in [0.5, 0.6) is 0 Å². The number of hydrogen-bond acceptors (Lipinski definition) is 3. The summed E-state index contributed by atoms with van der Waals surface area (Å²) in [5, 5.41) is 3.80. The van der Waals surface area contributed by atoms with Crippen LogP contribution >= 0.6 is 11.6 Å². The van der Waals surface area contributed by atoms with Crippen molar-refractivity contribution in [1.82, 2.24) is 4.90 Å². The minimum Gasteiger partial charge on any atom is -0.369 e. The Morgan fingerprint density at radius 2 is 1.78 bits per heavy atom. The van der Waals surface area contributed by atoms with Crippen molar-refractivity contribution in [2.45, 2.75) is 26.2 Å². The lowest BCUT2D eigenvalue weighted by Crippen LogP contribution is -2.44. The Kier molecular flexibility index (Phi) is 6.75. The van der Waals surface area contributed by atoms with Crippen molar-refractivity contribution in [3.05, 3.63) is 58.6 Å². The Labute approximate surface area is 167 Å². The molecular formula is C22H28ClN3O. The van der Waals surface area contributed by atoms with Crippen LogP contribution < -0.4 is 10.2 Å². The number of benzene rings is 2. The van der Waals surface area contributed by atoms with Crippen LogP contribution in [0.1, 0.15) is 24.0 Å². The third-order valence-corrected chi connectivity index (χ3v) is 5.39. The van der Waals surface area contributed by atoms with Gasteiger partial charge >= 0.3 is 0 Å². The maximum atomic E-state index is 12.3. The number of nitrogens with zero attached hydrogens (tertiary/aromatic N) is 2. The van der Waals surface area contributed by atoms with Gasteiger partial charge in [0.2, 0.25) is 5.91 Å². The summed E-state index contributed by atoms with van der Waals surface area (Å²) in [5.41, 5.74) is 4.46. The molecule has 144 valence electrons. The minimum atomic E-state index is 0.0689. The molecule has 1 amide bonds. The number of carbonyl (C=O) groups excluding carboxylic acids is 1. The molecule has 27 heavy (non-hydrogen) atoms. The standard InChI is InChI=1S/C22H28ClN3O/c1-17-16-20(26-14-12-25(2)13-15-26)10-11-21(17)24-22(27)5-3-4-18-6-8-19(23)9-7-18/h6-11,16H,3-5,12-15H2,1-2H3,(H,24,27). The number of halogens is 1. The Bertz CT molecular complexity index is 768. The molecule has 0 aromatic heterocycles. The third-order valence-electron chi connectivity index (χ3n) is 5.14. The van der Waals surface area contributed by atoms with Gasteiger partial charge in [-0.2, -0.15) is 0 Å². The van der Waals surface area contributed by atoms with Crippen molar-refractivity contribution in [3.8, 4) is 0 Å². The number of likely N-dealkylation sites (N-methyl/N-ethyl adjacent to an activating group) is 1. The van der Waals surface area contributed by atoms with Gasteiger partial charge in [0.05, 0.1) is 0 Å². The predicted molar refractivity (Wildman–Crippen MR) is 114 cm³/mol. The topological polar surface area (TPSA) is 35.6 Å². The number of carbonyl (C=O) groups is 1. The van der Waals surface area contributed by atoms with Gasteiger partial charge in [-0.25, -0.2) is 0 Å². The van der Waals surface area contributed by atoms with Gasteiger partial charge in [0.15, 0.2) is 0 Å². The predicted octanol–water partition coefficient (Wildman–Crippen LogP) is 4.36. The molecular weight excluding hydrogens is 358 g/mol. The average Bonchev–Trinajstić information content (AvgIpc) is 2.66. The number of hydrogen-bond donors (Lipinski definition) is 1. The molecule has 4 nitrogen and oxygen atoms in total. The Morgan fingerprint density at radius 1 is 1.07 bits per heavy atom. The second kappa shape index (κ2) is 9.25. The van der Waals surface area contributed by atoms with E-state index in [4.69, 9.17) is 11.6 Å². The molecule has 5 heteroatoms. The molecule has 2 aromatic carbocycles. The summed E-state index contributed by atoms with van der Waals surface area (Å²) in [6.07, 6.45) is 2.22. The number of piperazine rings is 1. The van der Waals surface area contributed by atoms with Gasteiger partial charge in [-0.1, -0.05) is 23.7 Å². The number of aryl methyl sites for hydroxylation is 2. The molecule has 0 atom stereocenters. The highest BCUT2D eigenvalue weighted by Gasteiger charge is 2.15. The van der Waals surface area contributed by atoms with E-state index in [9.17, 15) is 4.79 Å². The molecule has 0 saturated carbocycles. The molecule has 1 saturated heterocycles. The summed E-state index contributed by atoms with van der Waals surface area (Å²) >= 11 is 5.90. The highest BCUT2D eigenvalue weighted by molar-refractivity contribution is 6.30. The summed E-state index contributed by atoms with van der Waals surface area (Å²) in [7, 11) is 2.16. The first-order chi connectivity index (χ1) is 13.0. The molecule has 1 N–H and O–H groups in total. The van der Waals surface area contributed by atoms with E-state index < -0.39 is 0 Å². The second-order valence-corrected chi connectivity index (χ2v) is 7.75. The highest BCUT2D eigenvalue weighted by atomic mass is 35.5. The van der Waals surface area contributed by atoms with E-state index in [1.807, 2.05) is 30.3 Å². The van der Waals surface area contributed by atoms with Gasteiger partial charge in [0.25, 0.3) is 0 Å². The van der Waals surface area contributed by atoms with Crippen molar-refractivity contribution in [2.24, 2.45) is 0 Å². The third kappa shape index (κ3) is 5.72. The van der Waals surface area contributed by atoms with Gasteiger partial charge in [-0.15, -0.1) is 0 Å². The maximum absolute atomic E-state index is 12.3. The van der Waals surface area contributed by atoms with Crippen LogP contribution in [0.4, 0.5) is 11.4 Å². The molecule has 1 aliphatic rings. The zero-order valence-electron chi connectivity index (χ0n) is 16.2. The number of nitrogens with one attached hydrogen (secondary N) is 1. The molecule has 0 bridgehead atoms. The van der Waals surface area contributed by atoms with Crippen molar-refractivity contribution < 1.29 is 4.79 Å². The van der Waals surface area contributed by atoms with Gasteiger partial charge in [-0.05, 0) is 68.3 Å². The van der Waals surface area contributed by atoms with Crippen molar-refractivity contribution in [2.75, 3.05) is 43.4 Å². The van der Waals surface area contributed by atoms with Crippen molar-refractivity contribution >= 4 is 28.9 Å². The highest BCUT2D eigenvalue weighted by Crippen LogP contribution is 2.24. The first kappa shape index (κ1) is 19.7. The maximum Gasteiger partial charge on any atom is 0.224 e. The summed E-state index contributed by atoms with van der Waals surface area (Å²) in [6, 6.07) is 14.1. The molecule has 1 fully saturated rings. The summed E-state index contributed by atoms with van der Waals surface area (Å²) in [6.45, 7) is 6.33. The summed E-state index contributed by atoms with van der Waals surface area (Å²) < 4.78 is 0. The monoisotopic (exact) mass is 385 g/mol. The van der Waals surface area contributed by atoms with E-state index in [1.54, 1.807) is 0 Å². The normalized spacial score (nSPS) is 15.0. The lowest BCUT2D eigenvalue weighted by molar-refractivity contribution is -0.116. The summed E-state index contributed by atoms with van der Waals surface area (Å²) in [5.74, 6) is 0.0689. The zero-order chi connectivity index (χ0) is 19.2. The van der Waals surface area contributed by atoms with Crippen LogP contribution in [-0.2, 0) is 11.2 Å². The van der Waals surface area contributed by atoms with Gasteiger partial charge in [0, 0.05) is 49.0 Å². The van der Waals surface area contributed by atoms with Crippen molar-refractivity contribution in [1.29, 1.82) is 0 Å². The first-order valence-corrected chi connectivity index (χ1v) is 9.97. The van der Waals surface area contributed by atoms with Crippen molar-refractivity contribution in [3.63, 3.8) is 0 Å². The number of anilines is 2. The fourth-order valence-corrected chi connectivity index (χ4v) is 3.49. The van der Waals surface area contributed by atoms with Crippen LogP contribution in [-0.4, -0.2) is 44.0 Å². The second-order valence-electron chi connectivity index (χ2n) is 7.32. The molecule has 0 radical (unpaired) electrons. The molecule has 0 aliphatic carbocycles. The van der Waals surface area contributed by atoms with E-state index in [-0.39, 0.29) is 5.91 Å². The Balaban J connectivity index is 1.49. The van der Waals surface area contributed by atoms with Crippen LogP contribution in [0, 0.1) is 6.92 Å². The molecule has 0 spiro atoms. The summed E-state index contributed by atoms with van der Waals surface area (Å²) in [4.78, 5) is 17.0. The van der Waals surface area contributed by atoms with Gasteiger partial charge < -0.3 is 15.1 Å². The van der Waals surface area contributed by atoms with Crippen LogP contribution in [0.25, 0.3) is 0 Å². The van der Waals surface area contributed by atoms with E-state index in [0.29, 0.717) is 6.42 Å². The lowest BCUT2D eigenvalue weighted by Gasteiger charge is -2.34. The molecule has 0 unspecified atom stereocenters. The van der Waals surface area contributed by atoms with Crippen LogP contribution in [0.15, 0.2) is 42.5 Å². The van der Waals surface area contributed by atoms with E-state index in [1.165, 1.54) is 11.3 Å². The SMILES string of the molecule is Cc1cc(N2CCN(C)CC2)ccc1NC(=O)CCCc1ccc(Cl)cc1. The Hall–Kier alpha value is -2.04. The Morgan fingerprint density at radius 3 is 2.44 bits per heavy atom. The smallest absolute Gasteiger partial charge is 0.224 e. The lowest BCUT2D eigenvalue weighted by atomic mass is 10.1. The molecule has 2 aromatic rings. The quantitative estimate of drug-likeness (QED) is 0.802. The zero-order valence-corrected chi connectivity index (χ0v) is 16.9. The van der Waals surface area contributed by atoms with E-state index >= 15 is 0 Å². The van der Waals surface area contributed by atoms with E-state index in [0.717, 1.165) is 55.3 Å². The molecule has 3 rings (SSSR count).